The SMILES string of the molecule is CCO[Si](OCC)(OCC)c1ccccc1.CO[Si](OC)(C(C)C)C(C)C. The highest BCUT2D eigenvalue weighted by Gasteiger charge is 2.43. The fourth-order valence-corrected chi connectivity index (χ4v) is 9.16. The van der Waals surface area contributed by atoms with Crippen molar-refractivity contribution in [3.8, 4) is 0 Å². The van der Waals surface area contributed by atoms with Gasteiger partial charge in [-0.2, -0.15) is 0 Å². The van der Waals surface area contributed by atoms with Crippen molar-refractivity contribution in [3.05, 3.63) is 30.3 Å². The van der Waals surface area contributed by atoms with Gasteiger partial charge in [0, 0.05) is 39.2 Å². The van der Waals surface area contributed by atoms with Crippen molar-refractivity contribution in [3.63, 3.8) is 0 Å². The summed E-state index contributed by atoms with van der Waals surface area (Å²) in [5.74, 6) is 0. The van der Waals surface area contributed by atoms with Gasteiger partial charge < -0.3 is 22.1 Å². The number of benzene rings is 1. The van der Waals surface area contributed by atoms with Gasteiger partial charge in [-0.3, -0.25) is 0 Å². The molecule has 0 radical (unpaired) electrons. The lowest BCUT2D eigenvalue weighted by atomic mass is 10.4. The molecule has 5 nitrogen and oxygen atoms in total. The molecule has 0 atom stereocenters. The van der Waals surface area contributed by atoms with Gasteiger partial charge in [-0.25, -0.2) is 0 Å². The molecule has 7 heteroatoms. The minimum absolute atomic E-state index is 0.512. The van der Waals surface area contributed by atoms with Crippen LogP contribution in [-0.2, 0) is 22.1 Å². The van der Waals surface area contributed by atoms with Gasteiger partial charge in [0.15, 0.2) is 0 Å². The maximum absolute atomic E-state index is 5.79. The summed E-state index contributed by atoms with van der Waals surface area (Å²) < 4.78 is 28.4. The first-order valence-corrected chi connectivity index (χ1v) is 13.6. The van der Waals surface area contributed by atoms with Crippen molar-refractivity contribution in [1.29, 1.82) is 0 Å². The minimum atomic E-state index is -2.67. The van der Waals surface area contributed by atoms with Gasteiger partial charge in [0.25, 0.3) is 0 Å². The van der Waals surface area contributed by atoms with Crippen LogP contribution in [0.5, 0.6) is 0 Å². The van der Waals surface area contributed by atoms with Crippen LogP contribution in [0.25, 0.3) is 0 Å². The standard InChI is InChI=1S/C12H20O3Si.C8H20O2Si/c1-4-13-16(14-5-2,15-6-3)12-10-8-7-9-11-12;1-7(2)11(9-5,10-6)8(3)4/h7-11H,4-6H2,1-3H3;7-8H,1-6H3. The van der Waals surface area contributed by atoms with Gasteiger partial charge in [0.05, 0.1) is 0 Å². The van der Waals surface area contributed by atoms with E-state index in [1.165, 1.54) is 0 Å². The molecule has 0 unspecified atom stereocenters. The Labute approximate surface area is 168 Å². The summed E-state index contributed by atoms with van der Waals surface area (Å²) in [4.78, 5) is 0. The highest BCUT2D eigenvalue weighted by atomic mass is 28.4. The summed E-state index contributed by atoms with van der Waals surface area (Å²) in [6.07, 6.45) is 0. The van der Waals surface area contributed by atoms with Crippen molar-refractivity contribution in [2.45, 2.75) is 59.5 Å². The van der Waals surface area contributed by atoms with Crippen molar-refractivity contribution in [1.82, 2.24) is 0 Å². The Morgan fingerprint density at radius 1 is 0.704 bits per heavy atom. The zero-order chi connectivity index (χ0) is 20.9. The first-order chi connectivity index (χ1) is 12.8. The molecular formula is C20H40O5Si2. The van der Waals surface area contributed by atoms with Crippen LogP contribution >= 0.6 is 0 Å². The van der Waals surface area contributed by atoms with E-state index < -0.39 is 17.4 Å². The predicted molar refractivity (Wildman–Crippen MR) is 117 cm³/mol. The average molecular weight is 417 g/mol. The van der Waals surface area contributed by atoms with E-state index in [0.29, 0.717) is 30.9 Å². The topological polar surface area (TPSA) is 46.2 Å². The van der Waals surface area contributed by atoms with Crippen molar-refractivity contribution >= 4 is 22.6 Å². The molecule has 1 aromatic rings. The van der Waals surface area contributed by atoms with E-state index in [1.54, 1.807) is 14.2 Å². The monoisotopic (exact) mass is 416 g/mol. The molecule has 0 spiro atoms. The molecule has 0 saturated carbocycles. The molecule has 0 bridgehead atoms. The third kappa shape index (κ3) is 7.42. The highest BCUT2D eigenvalue weighted by Crippen LogP contribution is 2.32. The summed E-state index contributed by atoms with van der Waals surface area (Å²) >= 11 is 0. The van der Waals surface area contributed by atoms with E-state index in [-0.39, 0.29) is 0 Å². The number of hydrogen-bond donors (Lipinski definition) is 0. The lowest BCUT2D eigenvalue weighted by molar-refractivity contribution is 0.0859. The van der Waals surface area contributed by atoms with Crippen LogP contribution < -0.4 is 5.19 Å². The molecule has 158 valence electrons. The highest BCUT2D eigenvalue weighted by molar-refractivity contribution is 6.75. The van der Waals surface area contributed by atoms with E-state index >= 15 is 0 Å². The third-order valence-electron chi connectivity index (χ3n) is 4.38. The fraction of sp³-hybridized carbons (Fsp3) is 0.700. The van der Waals surface area contributed by atoms with Crippen LogP contribution in [0.3, 0.4) is 0 Å². The van der Waals surface area contributed by atoms with Crippen molar-refractivity contribution in [2.24, 2.45) is 0 Å². The summed E-state index contributed by atoms with van der Waals surface area (Å²) in [6, 6.07) is 9.95. The molecule has 0 heterocycles. The molecule has 0 fully saturated rings. The molecule has 27 heavy (non-hydrogen) atoms. The van der Waals surface area contributed by atoms with E-state index in [2.05, 4.69) is 27.7 Å². The fourth-order valence-electron chi connectivity index (χ4n) is 3.28. The Morgan fingerprint density at radius 2 is 1.07 bits per heavy atom. The molecule has 0 aliphatic carbocycles. The second-order valence-corrected chi connectivity index (χ2v) is 13.8. The Balaban J connectivity index is 0.000000541. The van der Waals surface area contributed by atoms with Crippen LogP contribution in [0.15, 0.2) is 30.3 Å². The Hall–Kier alpha value is -0.546. The zero-order valence-electron chi connectivity index (χ0n) is 18.7. The second-order valence-electron chi connectivity index (χ2n) is 6.66. The van der Waals surface area contributed by atoms with Crippen LogP contribution in [0.1, 0.15) is 48.5 Å². The van der Waals surface area contributed by atoms with Crippen LogP contribution in [-0.4, -0.2) is 51.4 Å². The van der Waals surface area contributed by atoms with E-state index in [4.69, 9.17) is 22.1 Å². The summed E-state index contributed by atoms with van der Waals surface area (Å²) in [5.41, 5.74) is 1.02. The number of rotatable bonds is 11. The smallest absolute Gasteiger partial charge is 0.397 e. The van der Waals surface area contributed by atoms with E-state index in [1.807, 2.05) is 51.1 Å². The van der Waals surface area contributed by atoms with Gasteiger partial charge in [-0.15, -0.1) is 0 Å². The molecule has 0 aliphatic rings. The molecule has 0 aliphatic heterocycles. The first kappa shape index (κ1) is 26.5. The second kappa shape index (κ2) is 13.6. The normalized spacial score (nSPS) is 12.3. The molecule has 0 aromatic heterocycles. The van der Waals surface area contributed by atoms with Gasteiger partial charge in [0.1, 0.15) is 0 Å². The predicted octanol–water partition coefficient (Wildman–Crippen LogP) is 4.48. The van der Waals surface area contributed by atoms with Crippen molar-refractivity contribution in [2.75, 3.05) is 34.0 Å². The Morgan fingerprint density at radius 3 is 1.30 bits per heavy atom. The lowest BCUT2D eigenvalue weighted by Crippen LogP contribution is -2.56. The zero-order valence-corrected chi connectivity index (χ0v) is 20.7. The minimum Gasteiger partial charge on any atom is -0.397 e. The maximum Gasteiger partial charge on any atom is 0.537 e. The van der Waals surface area contributed by atoms with Crippen LogP contribution in [0.2, 0.25) is 11.1 Å². The Bertz CT molecular complexity index is 452. The van der Waals surface area contributed by atoms with Crippen LogP contribution in [0.4, 0.5) is 0 Å². The summed E-state index contributed by atoms with van der Waals surface area (Å²) in [6.45, 7) is 16.3. The quantitative estimate of drug-likeness (QED) is 0.498. The van der Waals surface area contributed by atoms with Crippen molar-refractivity contribution < 1.29 is 22.1 Å². The summed E-state index contributed by atoms with van der Waals surface area (Å²) in [5, 5.41) is 1.03. The largest absolute Gasteiger partial charge is 0.537 e. The first-order valence-electron chi connectivity index (χ1n) is 9.87. The van der Waals surface area contributed by atoms with E-state index in [0.717, 1.165) is 5.19 Å². The van der Waals surface area contributed by atoms with Crippen LogP contribution in [0, 0.1) is 0 Å². The average Bonchev–Trinajstić information content (AvgIpc) is 2.64. The molecule has 0 saturated heterocycles. The molecular weight excluding hydrogens is 376 g/mol. The summed E-state index contributed by atoms with van der Waals surface area (Å²) in [7, 11) is -1.05. The molecule has 1 rings (SSSR count). The van der Waals surface area contributed by atoms with Gasteiger partial charge in [-0.1, -0.05) is 58.0 Å². The third-order valence-corrected chi connectivity index (χ3v) is 11.9. The maximum atomic E-state index is 5.79. The molecule has 0 N–H and O–H groups in total. The van der Waals surface area contributed by atoms with Gasteiger partial charge in [0.2, 0.25) is 0 Å². The number of hydrogen-bond acceptors (Lipinski definition) is 5. The van der Waals surface area contributed by atoms with Gasteiger partial charge >= 0.3 is 17.4 Å². The van der Waals surface area contributed by atoms with E-state index in [9.17, 15) is 0 Å². The Kier molecular flexibility index (Phi) is 13.3. The lowest BCUT2D eigenvalue weighted by Gasteiger charge is -2.34. The molecule has 0 amide bonds. The van der Waals surface area contributed by atoms with Gasteiger partial charge in [-0.05, 0) is 31.9 Å². The molecule has 1 aromatic carbocycles.